The van der Waals surface area contributed by atoms with Gasteiger partial charge in [0.15, 0.2) is 0 Å². The first-order valence-electron chi connectivity index (χ1n) is 5.48. The number of aryl methyl sites for hydroxylation is 1. The first kappa shape index (κ1) is 12.6. The standard InChI is InChI=1S/C13H13ClN2O2/c1-9-3-4-11(18-9)8-16(2)13(17)10-5-6-15-12(14)7-10/h3-7H,8H2,1-2H3. The maximum atomic E-state index is 12.1. The van der Waals surface area contributed by atoms with Crippen molar-refractivity contribution in [2.24, 2.45) is 0 Å². The van der Waals surface area contributed by atoms with Gasteiger partial charge in [0.05, 0.1) is 6.54 Å². The molecule has 0 aliphatic heterocycles. The molecular formula is C13H13ClN2O2. The van der Waals surface area contributed by atoms with Gasteiger partial charge in [-0.1, -0.05) is 11.6 Å². The summed E-state index contributed by atoms with van der Waals surface area (Å²) >= 11 is 5.76. The van der Waals surface area contributed by atoms with Gasteiger partial charge in [-0.3, -0.25) is 4.79 Å². The van der Waals surface area contributed by atoms with Crippen molar-refractivity contribution in [1.82, 2.24) is 9.88 Å². The molecule has 2 aromatic rings. The number of carbonyl (C=O) groups is 1. The smallest absolute Gasteiger partial charge is 0.254 e. The number of hydrogen-bond acceptors (Lipinski definition) is 3. The van der Waals surface area contributed by atoms with E-state index >= 15 is 0 Å². The van der Waals surface area contributed by atoms with Gasteiger partial charge in [0.1, 0.15) is 16.7 Å². The van der Waals surface area contributed by atoms with Gasteiger partial charge in [0.25, 0.3) is 5.91 Å². The summed E-state index contributed by atoms with van der Waals surface area (Å²) in [6.45, 7) is 2.29. The van der Waals surface area contributed by atoms with E-state index in [0.717, 1.165) is 11.5 Å². The molecule has 0 unspecified atom stereocenters. The maximum absolute atomic E-state index is 12.1. The fourth-order valence-electron chi connectivity index (χ4n) is 1.63. The van der Waals surface area contributed by atoms with Crippen molar-refractivity contribution >= 4 is 17.5 Å². The summed E-state index contributed by atoms with van der Waals surface area (Å²) in [6.07, 6.45) is 1.51. The maximum Gasteiger partial charge on any atom is 0.254 e. The molecule has 0 saturated carbocycles. The lowest BCUT2D eigenvalue weighted by Gasteiger charge is -2.15. The quantitative estimate of drug-likeness (QED) is 0.801. The summed E-state index contributed by atoms with van der Waals surface area (Å²) in [6, 6.07) is 6.92. The van der Waals surface area contributed by atoms with Gasteiger partial charge >= 0.3 is 0 Å². The summed E-state index contributed by atoms with van der Waals surface area (Å²) in [7, 11) is 1.72. The molecule has 2 aromatic heterocycles. The van der Waals surface area contributed by atoms with Gasteiger partial charge in [0.2, 0.25) is 0 Å². The minimum absolute atomic E-state index is 0.117. The molecule has 0 aliphatic carbocycles. The molecular weight excluding hydrogens is 252 g/mol. The van der Waals surface area contributed by atoms with Crippen LogP contribution >= 0.6 is 11.6 Å². The fraction of sp³-hybridized carbons (Fsp3) is 0.231. The van der Waals surface area contributed by atoms with Crippen LogP contribution in [0.5, 0.6) is 0 Å². The molecule has 0 aliphatic rings. The second-order valence-electron chi connectivity index (χ2n) is 4.04. The van der Waals surface area contributed by atoms with Crippen LogP contribution in [-0.2, 0) is 6.54 Å². The van der Waals surface area contributed by atoms with Gasteiger partial charge in [-0.25, -0.2) is 4.98 Å². The van der Waals surface area contributed by atoms with Crippen molar-refractivity contribution in [2.75, 3.05) is 7.05 Å². The third kappa shape index (κ3) is 2.90. The molecule has 18 heavy (non-hydrogen) atoms. The number of pyridine rings is 1. The molecule has 0 spiro atoms. The Morgan fingerprint density at radius 3 is 2.83 bits per heavy atom. The Kier molecular flexibility index (Phi) is 3.67. The average molecular weight is 265 g/mol. The molecule has 0 saturated heterocycles. The minimum atomic E-state index is -0.117. The van der Waals surface area contributed by atoms with Crippen molar-refractivity contribution in [2.45, 2.75) is 13.5 Å². The lowest BCUT2D eigenvalue weighted by molar-refractivity contribution is 0.0775. The number of amides is 1. The third-order valence-electron chi connectivity index (χ3n) is 2.51. The summed E-state index contributed by atoms with van der Waals surface area (Å²) in [4.78, 5) is 17.5. The highest BCUT2D eigenvalue weighted by Crippen LogP contribution is 2.13. The van der Waals surface area contributed by atoms with E-state index in [1.54, 1.807) is 24.1 Å². The zero-order valence-corrected chi connectivity index (χ0v) is 10.9. The number of hydrogen-bond donors (Lipinski definition) is 0. The van der Waals surface area contributed by atoms with Crippen LogP contribution in [0.4, 0.5) is 0 Å². The number of rotatable bonds is 3. The molecule has 4 nitrogen and oxygen atoms in total. The van der Waals surface area contributed by atoms with E-state index in [4.69, 9.17) is 16.0 Å². The van der Waals surface area contributed by atoms with Crippen molar-refractivity contribution in [3.8, 4) is 0 Å². The zero-order chi connectivity index (χ0) is 13.1. The highest BCUT2D eigenvalue weighted by Gasteiger charge is 2.13. The number of aromatic nitrogens is 1. The first-order chi connectivity index (χ1) is 8.56. The minimum Gasteiger partial charge on any atom is -0.464 e. The number of carbonyl (C=O) groups excluding carboxylic acids is 1. The van der Waals surface area contributed by atoms with Crippen LogP contribution in [0.2, 0.25) is 5.15 Å². The molecule has 1 amide bonds. The summed E-state index contributed by atoms with van der Waals surface area (Å²) in [5.41, 5.74) is 0.515. The van der Waals surface area contributed by atoms with Crippen LogP contribution < -0.4 is 0 Å². The Morgan fingerprint density at radius 2 is 2.22 bits per heavy atom. The van der Waals surface area contributed by atoms with Crippen molar-refractivity contribution in [3.05, 3.63) is 52.7 Å². The van der Waals surface area contributed by atoms with Gasteiger partial charge in [-0.2, -0.15) is 0 Å². The lowest BCUT2D eigenvalue weighted by Crippen LogP contribution is -2.26. The molecule has 0 radical (unpaired) electrons. The SMILES string of the molecule is Cc1ccc(CN(C)C(=O)c2ccnc(Cl)c2)o1. The van der Waals surface area contributed by atoms with E-state index in [0.29, 0.717) is 17.3 Å². The normalized spacial score (nSPS) is 10.4. The molecule has 0 aromatic carbocycles. The highest BCUT2D eigenvalue weighted by atomic mass is 35.5. The number of furan rings is 1. The predicted octanol–water partition coefficient (Wildman–Crippen LogP) is 2.91. The van der Waals surface area contributed by atoms with Crippen molar-refractivity contribution in [1.29, 1.82) is 0 Å². The molecule has 94 valence electrons. The van der Waals surface area contributed by atoms with Gasteiger partial charge in [0, 0.05) is 18.8 Å². The van der Waals surface area contributed by atoms with Crippen LogP contribution in [0.3, 0.4) is 0 Å². The molecule has 5 heteroatoms. The monoisotopic (exact) mass is 264 g/mol. The average Bonchev–Trinajstić information content (AvgIpc) is 2.73. The molecule has 0 bridgehead atoms. The zero-order valence-electron chi connectivity index (χ0n) is 10.2. The summed E-state index contributed by atoms with van der Waals surface area (Å²) in [5.74, 6) is 1.47. The van der Waals surface area contributed by atoms with Gasteiger partial charge in [-0.05, 0) is 31.2 Å². The number of nitrogens with zero attached hydrogens (tertiary/aromatic N) is 2. The molecule has 0 atom stereocenters. The lowest BCUT2D eigenvalue weighted by atomic mass is 10.2. The highest BCUT2D eigenvalue weighted by molar-refractivity contribution is 6.29. The van der Waals surface area contributed by atoms with E-state index in [-0.39, 0.29) is 5.91 Å². The second-order valence-corrected chi connectivity index (χ2v) is 4.43. The Balaban J connectivity index is 2.09. The van der Waals surface area contributed by atoms with Gasteiger partial charge < -0.3 is 9.32 Å². The fourth-order valence-corrected chi connectivity index (χ4v) is 1.81. The Labute approximate surface area is 110 Å². The van der Waals surface area contributed by atoms with E-state index in [2.05, 4.69) is 4.98 Å². The van der Waals surface area contributed by atoms with E-state index in [9.17, 15) is 4.79 Å². The van der Waals surface area contributed by atoms with E-state index < -0.39 is 0 Å². The van der Waals surface area contributed by atoms with E-state index in [1.807, 2.05) is 19.1 Å². The van der Waals surface area contributed by atoms with Gasteiger partial charge in [-0.15, -0.1) is 0 Å². The van der Waals surface area contributed by atoms with E-state index in [1.165, 1.54) is 6.20 Å². The summed E-state index contributed by atoms with van der Waals surface area (Å²) < 4.78 is 5.43. The van der Waals surface area contributed by atoms with Crippen LogP contribution in [0.1, 0.15) is 21.9 Å². The summed E-state index contributed by atoms with van der Waals surface area (Å²) in [5, 5.41) is 0.308. The molecule has 2 heterocycles. The van der Waals surface area contributed by atoms with Crippen molar-refractivity contribution in [3.63, 3.8) is 0 Å². The predicted molar refractivity (Wildman–Crippen MR) is 68.5 cm³/mol. The van der Waals surface area contributed by atoms with Crippen molar-refractivity contribution < 1.29 is 9.21 Å². The molecule has 0 N–H and O–H groups in total. The van der Waals surface area contributed by atoms with Crippen LogP contribution in [0.15, 0.2) is 34.9 Å². The topological polar surface area (TPSA) is 46.3 Å². The number of halogens is 1. The third-order valence-corrected chi connectivity index (χ3v) is 2.72. The Bertz CT molecular complexity index is 566. The van der Waals surface area contributed by atoms with Crippen LogP contribution in [0.25, 0.3) is 0 Å². The Hall–Kier alpha value is -1.81. The molecule has 0 fully saturated rings. The Morgan fingerprint density at radius 1 is 1.44 bits per heavy atom. The second kappa shape index (κ2) is 5.23. The van der Waals surface area contributed by atoms with Crippen LogP contribution in [0, 0.1) is 6.92 Å². The molecule has 2 rings (SSSR count). The largest absolute Gasteiger partial charge is 0.464 e. The first-order valence-corrected chi connectivity index (χ1v) is 5.86. The van der Waals surface area contributed by atoms with Crippen LogP contribution in [-0.4, -0.2) is 22.8 Å².